The lowest BCUT2D eigenvalue weighted by Gasteiger charge is -2.07. The van der Waals surface area contributed by atoms with Crippen molar-refractivity contribution in [3.8, 4) is 5.69 Å². The van der Waals surface area contributed by atoms with Gasteiger partial charge >= 0.3 is 0 Å². The number of para-hydroxylation sites is 1. The van der Waals surface area contributed by atoms with Crippen LogP contribution in [-0.2, 0) is 22.3 Å². The first-order valence-corrected chi connectivity index (χ1v) is 9.63. The van der Waals surface area contributed by atoms with Gasteiger partial charge in [-0.1, -0.05) is 46.3 Å². The summed E-state index contributed by atoms with van der Waals surface area (Å²) < 4.78 is 15.8. The fraction of sp³-hybridized carbons (Fsp3) is 0.125. The van der Waals surface area contributed by atoms with Gasteiger partial charge in [-0.3, -0.25) is 13.9 Å². The Balaban J connectivity index is 1.80. The molecule has 0 saturated heterocycles. The van der Waals surface area contributed by atoms with Crippen LogP contribution in [0.3, 0.4) is 0 Å². The monoisotopic (exact) mass is 407 g/mol. The maximum Gasteiger partial charge on any atom is 0.199 e. The highest BCUT2D eigenvalue weighted by atomic mass is 79.9. The Morgan fingerprint density at radius 2 is 1.78 bits per heavy atom. The van der Waals surface area contributed by atoms with Crippen molar-refractivity contribution < 1.29 is 4.21 Å². The van der Waals surface area contributed by atoms with Crippen LogP contribution in [0.25, 0.3) is 5.69 Å². The van der Waals surface area contributed by atoms with Gasteiger partial charge in [-0.15, -0.1) is 0 Å². The summed E-state index contributed by atoms with van der Waals surface area (Å²) in [6.07, 6.45) is 0. The van der Waals surface area contributed by atoms with E-state index in [9.17, 15) is 4.21 Å². The molecule has 0 spiro atoms. The summed E-state index contributed by atoms with van der Waals surface area (Å²) >= 11 is 8.69. The number of nitrogens with one attached hydrogen (secondary N) is 1. The normalized spacial score (nSPS) is 12.2. The van der Waals surface area contributed by atoms with Gasteiger partial charge in [-0.25, -0.2) is 0 Å². The van der Waals surface area contributed by atoms with Gasteiger partial charge in [0.1, 0.15) is 5.82 Å². The average molecular weight is 408 g/mol. The molecular formula is C16H14BrN3OS2. The van der Waals surface area contributed by atoms with Crippen molar-refractivity contribution in [1.29, 1.82) is 0 Å². The molecule has 3 aromatic rings. The maximum absolute atomic E-state index is 12.5. The second-order valence-electron chi connectivity index (χ2n) is 4.97. The Bertz CT molecular complexity index is 872. The fourth-order valence-corrected chi connectivity index (χ4v) is 3.90. The summed E-state index contributed by atoms with van der Waals surface area (Å²) in [7, 11) is -1.06. The second-order valence-corrected chi connectivity index (χ2v) is 7.73. The number of hydrogen-bond acceptors (Lipinski definition) is 3. The average Bonchev–Trinajstić information content (AvgIpc) is 2.91. The lowest BCUT2D eigenvalue weighted by Crippen LogP contribution is -2.07. The maximum atomic E-state index is 12.5. The highest BCUT2D eigenvalue weighted by molar-refractivity contribution is 9.10. The van der Waals surface area contributed by atoms with Crippen LogP contribution in [0.4, 0.5) is 0 Å². The van der Waals surface area contributed by atoms with E-state index in [0.717, 1.165) is 15.7 Å². The Hall–Kier alpha value is -1.57. The van der Waals surface area contributed by atoms with E-state index in [1.165, 1.54) is 0 Å². The summed E-state index contributed by atoms with van der Waals surface area (Å²) in [5.74, 6) is 1.51. The molecule has 1 heterocycles. The SMILES string of the molecule is O=S(Cc1ccc(Br)cc1)Cc1n[nH]c(=S)n1-c1ccccc1. The van der Waals surface area contributed by atoms with E-state index in [2.05, 4.69) is 26.1 Å². The van der Waals surface area contributed by atoms with Gasteiger partial charge in [0.15, 0.2) is 4.77 Å². The number of benzene rings is 2. The molecule has 1 atom stereocenters. The number of rotatable bonds is 5. The molecule has 3 rings (SSSR count). The number of halogens is 1. The Kier molecular flexibility index (Phi) is 5.20. The predicted octanol–water partition coefficient (Wildman–Crippen LogP) is 4.14. The quantitative estimate of drug-likeness (QED) is 0.646. The minimum absolute atomic E-state index is 0.345. The molecule has 23 heavy (non-hydrogen) atoms. The molecule has 1 unspecified atom stereocenters. The Morgan fingerprint density at radius 1 is 1.09 bits per heavy atom. The smallest absolute Gasteiger partial charge is 0.199 e. The summed E-state index contributed by atoms with van der Waals surface area (Å²) in [6, 6.07) is 17.6. The predicted molar refractivity (Wildman–Crippen MR) is 98.4 cm³/mol. The lowest BCUT2D eigenvalue weighted by atomic mass is 10.2. The van der Waals surface area contributed by atoms with Gasteiger partial charge in [0, 0.05) is 26.7 Å². The van der Waals surface area contributed by atoms with Gasteiger partial charge < -0.3 is 0 Å². The van der Waals surface area contributed by atoms with Crippen LogP contribution in [0.1, 0.15) is 11.4 Å². The van der Waals surface area contributed by atoms with Crippen molar-refractivity contribution >= 4 is 38.9 Å². The molecule has 118 valence electrons. The van der Waals surface area contributed by atoms with Crippen molar-refractivity contribution in [2.75, 3.05) is 0 Å². The van der Waals surface area contributed by atoms with E-state index in [4.69, 9.17) is 12.2 Å². The second kappa shape index (κ2) is 7.33. The first-order valence-electron chi connectivity index (χ1n) is 6.94. The standard InChI is InChI=1S/C16H14BrN3OS2/c17-13-8-6-12(7-9-13)10-23(21)11-15-18-19-16(22)20(15)14-4-2-1-3-5-14/h1-9H,10-11H2,(H,19,22). The molecule has 0 bridgehead atoms. The van der Waals surface area contributed by atoms with E-state index in [1.54, 1.807) is 0 Å². The highest BCUT2D eigenvalue weighted by Gasteiger charge is 2.12. The number of nitrogens with zero attached hydrogens (tertiary/aromatic N) is 2. The van der Waals surface area contributed by atoms with Crippen LogP contribution in [0, 0.1) is 4.77 Å². The summed E-state index contributed by atoms with van der Waals surface area (Å²) in [5.41, 5.74) is 1.95. The molecule has 1 N–H and O–H groups in total. The third kappa shape index (κ3) is 4.04. The zero-order chi connectivity index (χ0) is 16.2. The molecule has 0 amide bonds. The van der Waals surface area contributed by atoms with E-state index in [0.29, 0.717) is 22.1 Å². The largest absolute Gasteiger partial charge is 0.271 e. The van der Waals surface area contributed by atoms with Crippen LogP contribution in [-0.4, -0.2) is 19.0 Å². The molecular weight excluding hydrogens is 394 g/mol. The Labute approximate surface area is 150 Å². The lowest BCUT2D eigenvalue weighted by molar-refractivity contribution is 0.680. The zero-order valence-corrected chi connectivity index (χ0v) is 15.3. The van der Waals surface area contributed by atoms with Crippen LogP contribution >= 0.6 is 28.1 Å². The molecule has 0 aliphatic rings. The number of H-pyrrole nitrogens is 1. The molecule has 0 aliphatic heterocycles. The van der Waals surface area contributed by atoms with Crippen molar-refractivity contribution in [3.05, 3.63) is 75.2 Å². The summed E-state index contributed by atoms with van der Waals surface area (Å²) in [5, 5.41) is 7.02. The van der Waals surface area contributed by atoms with Crippen molar-refractivity contribution in [1.82, 2.24) is 14.8 Å². The summed E-state index contributed by atoms with van der Waals surface area (Å²) in [4.78, 5) is 0. The van der Waals surface area contributed by atoms with Crippen LogP contribution in [0.15, 0.2) is 59.1 Å². The molecule has 1 aromatic heterocycles. The molecule has 7 heteroatoms. The number of aromatic nitrogens is 3. The number of hydrogen-bond donors (Lipinski definition) is 1. The number of aromatic amines is 1. The molecule has 2 aromatic carbocycles. The van der Waals surface area contributed by atoms with E-state index >= 15 is 0 Å². The van der Waals surface area contributed by atoms with Gasteiger partial charge in [-0.2, -0.15) is 5.10 Å². The third-order valence-corrected chi connectivity index (χ3v) is 5.33. The van der Waals surface area contributed by atoms with Crippen molar-refractivity contribution in [2.24, 2.45) is 0 Å². The molecule has 0 saturated carbocycles. The van der Waals surface area contributed by atoms with E-state index in [1.807, 2.05) is 59.2 Å². The van der Waals surface area contributed by atoms with Crippen LogP contribution in [0.5, 0.6) is 0 Å². The fourth-order valence-electron chi connectivity index (χ4n) is 2.23. The van der Waals surface area contributed by atoms with Gasteiger partial charge in [0.2, 0.25) is 0 Å². The van der Waals surface area contributed by atoms with Crippen molar-refractivity contribution in [3.63, 3.8) is 0 Å². The zero-order valence-electron chi connectivity index (χ0n) is 12.1. The van der Waals surface area contributed by atoms with E-state index < -0.39 is 10.8 Å². The topological polar surface area (TPSA) is 50.7 Å². The minimum Gasteiger partial charge on any atom is -0.271 e. The summed E-state index contributed by atoms with van der Waals surface area (Å²) in [6.45, 7) is 0. The van der Waals surface area contributed by atoms with Gasteiger partial charge in [0.25, 0.3) is 0 Å². The third-order valence-electron chi connectivity index (χ3n) is 3.29. The molecule has 0 aliphatic carbocycles. The van der Waals surface area contributed by atoms with E-state index in [-0.39, 0.29) is 0 Å². The van der Waals surface area contributed by atoms with Gasteiger partial charge in [-0.05, 0) is 42.0 Å². The Morgan fingerprint density at radius 3 is 2.48 bits per heavy atom. The molecule has 0 fully saturated rings. The molecule has 4 nitrogen and oxygen atoms in total. The van der Waals surface area contributed by atoms with Crippen LogP contribution in [0.2, 0.25) is 0 Å². The molecule has 0 radical (unpaired) electrons. The van der Waals surface area contributed by atoms with Crippen LogP contribution < -0.4 is 0 Å². The van der Waals surface area contributed by atoms with Gasteiger partial charge in [0.05, 0.1) is 5.75 Å². The first-order chi connectivity index (χ1) is 11.1. The van der Waals surface area contributed by atoms with Crippen molar-refractivity contribution in [2.45, 2.75) is 11.5 Å². The highest BCUT2D eigenvalue weighted by Crippen LogP contribution is 2.15. The first kappa shape index (κ1) is 16.3. The minimum atomic E-state index is -1.06.